The third-order valence-electron chi connectivity index (χ3n) is 1.75. The minimum atomic E-state index is 0.0736. The number of pyridine rings is 1. The second-order valence-electron chi connectivity index (χ2n) is 3.09. The summed E-state index contributed by atoms with van der Waals surface area (Å²) in [6.45, 7) is 5.03. The summed E-state index contributed by atoms with van der Waals surface area (Å²) in [7, 11) is 0. The second kappa shape index (κ2) is 4.82. The Morgan fingerprint density at radius 2 is 2.23 bits per heavy atom. The monoisotopic (exact) mass is 180 g/mol. The van der Waals surface area contributed by atoms with Crippen molar-refractivity contribution in [1.29, 1.82) is 0 Å². The van der Waals surface area contributed by atoms with E-state index in [9.17, 15) is 0 Å². The lowest BCUT2D eigenvalue weighted by Gasteiger charge is -2.06. The molecular weight excluding hydrogens is 164 g/mol. The molecule has 0 atom stereocenters. The Morgan fingerprint density at radius 1 is 1.46 bits per heavy atom. The van der Waals surface area contributed by atoms with E-state index in [4.69, 9.17) is 5.11 Å². The molecule has 0 saturated heterocycles. The second-order valence-corrected chi connectivity index (χ2v) is 3.09. The summed E-state index contributed by atoms with van der Waals surface area (Å²) in [5, 5.41) is 12.1. The molecule has 0 aliphatic carbocycles. The minimum absolute atomic E-state index is 0.0736. The van der Waals surface area contributed by atoms with Crippen molar-refractivity contribution < 1.29 is 5.11 Å². The lowest BCUT2D eigenvalue weighted by Crippen LogP contribution is -2.03. The van der Waals surface area contributed by atoms with Crippen molar-refractivity contribution >= 4 is 5.82 Å². The van der Waals surface area contributed by atoms with E-state index in [2.05, 4.69) is 17.2 Å². The van der Waals surface area contributed by atoms with Gasteiger partial charge in [-0.1, -0.05) is 6.92 Å². The normalized spacial score (nSPS) is 10.1. The zero-order valence-electron chi connectivity index (χ0n) is 8.17. The molecule has 2 N–H and O–H groups in total. The third kappa shape index (κ3) is 3.03. The molecule has 0 spiro atoms. The molecule has 1 rings (SSSR count). The Labute approximate surface area is 78.8 Å². The zero-order chi connectivity index (χ0) is 9.68. The molecule has 3 heteroatoms. The maximum atomic E-state index is 8.96. The topological polar surface area (TPSA) is 45.1 Å². The summed E-state index contributed by atoms with van der Waals surface area (Å²) < 4.78 is 0. The van der Waals surface area contributed by atoms with E-state index in [1.165, 1.54) is 0 Å². The lowest BCUT2D eigenvalue weighted by molar-refractivity contribution is 0.281. The third-order valence-corrected chi connectivity index (χ3v) is 1.75. The molecule has 1 aromatic heterocycles. The molecule has 0 bridgehead atoms. The van der Waals surface area contributed by atoms with Crippen molar-refractivity contribution in [3.8, 4) is 0 Å². The van der Waals surface area contributed by atoms with Gasteiger partial charge in [-0.05, 0) is 31.0 Å². The van der Waals surface area contributed by atoms with Gasteiger partial charge in [0.2, 0.25) is 0 Å². The van der Waals surface area contributed by atoms with Crippen LogP contribution < -0.4 is 5.32 Å². The molecule has 1 aromatic rings. The maximum absolute atomic E-state index is 8.96. The molecule has 0 radical (unpaired) electrons. The molecule has 1 heterocycles. The summed E-state index contributed by atoms with van der Waals surface area (Å²) in [5.41, 5.74) is 1.84. The smallest absolute Gasteiger partial charge is 0.126 e. The number of nitrogens with one attached hydrogen (secondary N) is 1. The van der Waals surface area contributed by atoms with Gasteiger partial charge in [0.05, 0.1) is 6.61 Å². The number of aliphatic hydroxyl groups excluding tert-OH is 1. The minimum Gasteiger partial charge on any atom is -0.392 e. The fourth-order valence-electron chi connectivity index (χ4n) is 1.18. The summed E-state index contributed by atoms with van der Waals surface area (Å²) in [5.74, 6) is 0.853. The summed E-state index contributed by atoms with van der Waals surface area (Å²) in [6, 6.07) is 3.76. The molecule has 0 saturated carbocycles. The molecule has 0 aromatic carbocycles. The van der Waals surface area contributed by atoms with Crippen LogP contribution >= 0.6 is 0 Å². The van der Waals surface area contributed by atoms with E-state index in [-0.39, 0.29) is 6.61 Å². The van der Waals surface area contributed by atoms with Crippen LogP contribution in [0.15, 0.2) is 12.1 Å². The van der Waals surface area contributed by atoms with Crippen LogP contribution in [0.5, 0.6) is 0 Å². The van der Waals surface area contributed by atoms with Gasteiger partial charge in [0, 0.05) is 12.2 Å². The van der Waals surface area contributed by atoms with Crippen LogP contribution in [-0.2, 0) is 6.61 Å². The van der Waals surface area contributed by atoms with Crippen LogP contribution in [0.25, 0.3) is 0 Å². The van der Waals surface area contributed by atoms with Gasteiger partial charge in [-0.15, -0.1) is 0 Å². The van der Waals surface area contributed by atoms with E-state index in [1.807, 2.05) is 19.1 Å². The number of hydrogen-bond donors (Lipinski definition) is 2. The van der Waals surface area contributed by atoms with E-state index < -0.39 is 0 Å². The zero-order valence-corrected chi connectivity index (χ0v) is 8.17. The van der Waals surface area contributed by atoms with E-state index >= 15 is 0 Å². The van der Waals surface area contributed by atoms with Gasteiger partial charge in [-0.3, -0.25) is 0 Å². The SMILES string of the molecule is CCCNc1cc(CO)cc(C)n1. The van der Waals surface area contributed by atoms with Crippen LogP contribution in [0.3, 0.4) is 0 Å². The van der Waals surface area contributed by atoms with Gasteiger partial charge in [-0.2, -0.15) is 0 Å². The summed E-state index contributed by atoms with van der Waals surface area (Å²) >= 11 is 0. The first-order chi connectivity index (χ1) is 6.26. The van der Waals surface area contributed by atoms with Crippen molar-refractivity contribution in [3.63, 3.8) is 0 Å². The quantitative estimate of drug-likeness (QED) is 0.741. The van der Waals surface area contributed by atoms with Crippen molar-refractivity contribution in [2.24, 2.45) is 0 Å². The van der Waals surface area contributed by atoms with Crippen LogP contribution in [-0.4, -0.2) is 16.6 Å². The number of rotatable bonds is 4. The van der Waals surface area contributed by atoms with Crippen LogP contribution in [0.4, 0.5) is 5.82 Å². The van der Waals surface area contributed by atoms with Crippen molar-refractivity contribution in [2.75, 3.05) is 11.9 Å². The predicted molar refractivity (Wildman–Crippen MR) is 53.7 cm³/mol. The average Bonchev–Trinajstić information content (AvgIpc) is 2.14. The molecule has 13 heavy (non-hydrogen) atoms. The van der Waals surface area contributed by atoms with Crippen LogP contribution in [0.2, 0.25) is 0 Å². The van der Waals surface area contributed by atoms with Crippen molar-refractivity contribution in [1.82, 2.24) is 4.98 Å². The number of hydrogen-bond acceptors (Lipinski definition) is 3. The molecule has 3 nitrogen and oxygen atoms in total. The number of nitrogens with zero attached hydrogens (tertiary/aromatic N) is 1. The van der Waals surface area contributed by atoms with Gasteiger partial charge in [0.1, 0.15) is 5.82 Å². The van der Waals surface area contributed by atoms with E-state index in [0.717, 1.165) is 30.0 Å². The van der Waals surface area contributed by atoms with E-state index in [0.29, 0.717) is 0 Å². The van der Waals surface area contributed by atoms with Crippen molar-refractivity contribution in [3.05, 3.63) is 23.4 Å². The highest BCUT2D eigenvalue weighted by Gasteiger charge is 1.97. The molecule has 0 unspecified atom stereocenters. The molecule has 0 aliphatic heterocycles. The highest BCUT2D eigenvalue weighted by molar-refractivity contribution is 5.39. The summed E-state index contributed by atoms with van der Waals surface area (Å²) in [6.07, 6.45) is 1.07. The first-order valence-corrected chi connectivity index (χ1v) is 4.58. The van der Waals surface area contributed by atoms with E-state index in [1.54, 1.807) is 0 Å². The Balaban J connectivity index is 2.76. The average molecular weight is 180 g/mol. The van der Waals surface area contributed by atoms with Gasteiger partial charge in [-0.25, -0.2) is 4.98 Å². The number of aromatic nitrogens is 1. The Hall–Kier alpha value is -1.09. The Kier molecular flexibility index (Phi) is 3.71. The van der Waals surface area contributed by atoms with Crippen molar-refractivity contribution in [2.45, 2.75) is 26.9 Å². The van der Waals surface area contributed by atoms with Crippen LogP contribution in [0, 0.1) is 6.92 Å². The van der Waals surface area contributed by atoms with Gasteiger partial charge in [0.15, 0.2) is 0 Å². The number of aryl methyl sites for hydroxylation is 1. The molecule has 72 valence electrons. The largest absolute Gasteiger partial charge is 0.392 e. The first kappa shape index (κ1) is 9.99. The highest BCUT2D eigenvalue weighted by Crippen LogP contribution is 2.09. The molecule has 0 aliphatic rings. The maximum Gasteiger partial charge on any atom is 0.126 e. The number of anilines is 1. The molecular formula is C10H16N2O. The molecule has 0 amide bonds. The summed E-state index contributed by atoms with van der Waals surface area (Å²) in [4.78, 5) is 4.30. The first-order valence-electron chi connectivity index (χ1n) is 4.58. The highest BCUT2D eigenvalue weighted by atomic mass is 16.3. The van der Waals surface area contributed by atoms with Gasteiger partial charge in [0.25, 0.3) is 0 Å². The van der Waals surface area contributed by atoms with Gasteiger partial charge < -0.3 is 10.4 Å². The Morgan fingerprint density at radius 3 is 2.85 bits per heavy atom. The Bertz CT molecular complexity index is 274. The fourth-order valence-corrected chi connectivity index (χ4v) is 1.18. The van der Waals surface area contributed by atoms with Gasteiger partial charge >= 0.3 is 0 Å². The lowest BCUT2D eigenvalue weighted by atomic mass is 10.2. The molecule has 0 fully saturated rings. The fraction of sp³-hybridized carbons (Fsp3) is 0.500. The standard InChI is InChI=1S/C10H16N2O/c1-3-4-11-10-6-9(7-13)5-8(2)12-10/h5-6,13H,3-4,7H2,1-2H3,(H,11,12). The van der Waals surface area contributed by atoms with Crippen LogP contribution in [0.1, 0.15) is 24.6 Å². The predicted octanol–water partition coefficient (Wildman–Crippen LogP) is 1.70. The number of aliphatic hydroxyl groups is 1.